The average molecular weight is 239 g/mol. The predicted octanol–water partition coefficient (Wildman–Crippen LogP) is 1.99. The van der Waals surface area contributed by atoms with E-state index in [0.29, 0.717) is 5.50 Å². The van der Waals surface area contributed by atoms with Gasteiger partial charge in [0.2, 0.25) is 0 Å². The first-order valence-corrected chi connectivity index (χ1v) is 7.49. The van der Waals surface area contributed by atoms with Gasteiger partial charge >= 0.3 is 0 Å². The van der Waals surface area contributed by atoms with Gasteiger partial charge in [-0.25, -0.2) is 0 Å². The molecule has 1 atom stereocenters. The monoisotopic (exact) mass is 239 g/mol. The van der Waals surface area contributed by atoms with Crippen LogP contribution in [0.15, 0.2) is 11.2 Å². The third-order valence-corrected chi connectivity index (χ3v) is 4.78. The van der Waals surface area contributed by atoms with Gasteiger partial charge in [-0.1, -0.05) is 11.8 Å². The fraction of sp³-hybridized carbons (Fsp3) is 0.833. The summed E-state index contributed by atoms with van der Waals surface area (Å²) in [7, 11) is 0. The highest BCUT2D eigenvalue weighted by Crippen LogP contribution is 2.29. The van der Waals surface area contributed by atoms with E-state index >= 15 is 0 Å². The summed E-state index contributed by atoms with van der Waals surface area (Å²) in [5.41, 5.74) is 0.513. The second-order valence-corrected chi connectivity index (χ2v) is 5.88. The van der Waals surface area contributed by atoms with E-state index in [1.54, 1.807) is 0 Å². The minimum Gasteiger partial charge on any atom is -0.358 e. The van der Waals surface area contributed by atoms with Crippen molar-refractivity contribution >= 4 is 11.8 Å². The molecule has 0 bridgehead atoms. The van der Waals surface area contributed by atoms with Crippen LogP contribution in [0.4, 0.5) is 0 Å². The SMILES string of the molecule is C1=C(N2CCCCC2)NC(N2CCCC2)S1. The molecule has 1 N–H and O–H groups in total. The standard InChI is InChI=1S/C12H21N3S/c1-2-6-14(7-3-1)11-10-16-12(13-11)15-8-4-5-9-15/h10,12-13H,1-9H2. The summed E-state index contributed by atoms with van der Waals surface area (Å²) in [5, 5.41) is 6.01. The summed E-state index contributed by atoms with van der Waals surface area (Å²) in [6.45, 7) is 5.02. The molecule has 0 aromatic heterocycles. The maximum Gasteiger partial charge on any atom is 0.133 e. The molecule has 16 heavy (non-hydrogen) atoms. The zero-order valence-corrected chi connectivity index (χ0v) is 10.6. The van der Waals surface area contributed by atoms with Crippen LogP contribution in [0, 0.1) is 0 Å². The van der Waals surface area contributed by atoms with Crippen molar-refractivity contribution in [1.82, 2.24) is 15.1 Å². The van der Waals surface area contributed by atoms with Gasteiger partial charge < -0.3 is 10.2 Å². The van der Waals surface area contributed by atoms with E-state index < -0.39 is 0 Å². The summed E-state index contributed by atoms with van der Waals surface area (Å²) < 4.78 is 0. The molecule has 4 heteroatoms. The Bertz CT molecular complexity index is 267. The van der Waals surface area contributed by atoms with E-state index in [9.17, 15) is 0 Å². The maximum absolute atomic E-state index is 3.68. The molecule has 1 unspecified atom stereocenters. The van der Waals surface area contributed by atoms with Gasteiger partial charge in [-0.3, -0.25) is 4.90 Å². The summed E-state index contributed by atoms with van der Waals surface area (Å²) in [6.07, 6.45) is 6.87. The highest BCUT2D eigenvalue weighted by Gasteiger charge is 2.28. The Morgan fingerprint density at radius 3 is 2.44 bits per heavy atom. The minimum absolute atomic E-state index is 0.513. The molecule has 0 radical (unpaired) electrons. The Hall–Kier alpha value is -0.350. The minimum atomic E-state index is 0.513. The van der Waals surface area contributed by atoms with Gasteiger partial charge in [-0.05, 0) is 32.1 Å². The lowest BCUT2D eigenvalue weighted by Crippen LogP contribution is -2.43. The van der Waals surface area contributed by atoms with Gasteiger partial charge in [0.1, 0.15) is 11.3 Å². The molecule has 2 fully saturated rings. The van der Waals surface area contributed by atoms with Gasteiger partial charge in [0.15, 0.2) is 0 Å². The molecule has 2 saturated heterocycles. The van der Waals surface area contributed by atoms with Gasteiger partial charge in [0.05, 0.1) is 0 Å². The van der Waals surface area contributed by atoms with Crippen molar-refractivity contribution in [2.75, 3.05) is 26.2 Å². The molecule has 0 saturated carbocycles. The summed E-state index contributed by atoms with van der Waals surface area (Å²) in [6, 6.07) is 0. The van der Waals surface area contributed by atoms with Crippen molar-refractivity contribution in [2.24, 2.45) is 0 Å². The zero-order valence-electron chi connectivity index (χ0n) is 9.82. The van der Waals surface area contributed by atoms with Gasteiger partial charge in [0.25, 0.3) is 0 Å². The number of hydrogen-bond donors (Lipinski definition) is 1. The van der Waals surface area contributed by atoms with E-state index in [1.807, 2.05) is 11.8 Å². The number of thioether (sulfide) groups is 1. The first kappa shape index (κ1) is 10.8. The largest absolute Gasteiger partial charge is 0.358 e. The number of hydrogen-bond acceptors (Lipinski definition) is 4. The summed E-state index contributed by atoms with van der Waals surface area (Å²) >= 11 is 1.95. The lowest BCUT2D eigenvalue weighted by atomic mass is 10.1. The average Bonchev–Trinajstić information content (AvgIpc) is 3.01. The first-order valence-electron chi connectivity index (χ1n) is 6.55. The van der Waals surface area contributed by atoms with Crippen LogP contribution in [-0.4, -0.2) is 41.5 Å². The van der Waals surface area contributed by atoms with Gasteiger partial charge in [-0.15, -0.1) is 0 Å². The molecule has 3 rings (SSSR count). The highest BCUT2D eigenvalue weighted by molar-refractivity contribution is 8.02. The van der Waals surface area contributed by atoms with Crippen LogP contribution in [0.25, 0.3) is 0 Å². The van der Waals surface area contributed by atoms with E-state index in [1.165, 1.54) is 64.1 Å². The van der Waals surface area contributed by atoms with Crippen LogP contribution in [0.2, 0.25) is 0 Å². The number of rotatable bonds is 2. The van der Waals surface area contributed by atoms with Crippen molar-refractivity contribution < 1.29 is 0 Å². The molecule has 0 amide bonds. The molecule has 0 aliphatic carbocycles. The summed E-state index contributed by atoms with van der Waals surface area (Å²) in [4.78, 5) is 5.09. The van der Waals surface area contributed by atoms with E-state index in [-0.39, 0.29) is 0 Å². The van der Waals surface area contributed by atoms with Crippen molar-refractivity contribution in [1.29, 1.82) is 0 Å². The molecule has 0 aromatic carbocycles. The lowest BCUT2D eigenvalue weighted by molar-refractivity contribution is 0.235. The molecular weight excluding hydrogens is 218 g/mol. The van der Waals surface area contributed by atoms with Gasteiger partial charge in [-0.2, -0.15) is 0 Å². The fourth-order valence-electron chi connectivity index (χ4n) is 2.78. The third-order valence-electron chi connectivity index (χ3n) is 3.75. The fourth-order valence-corrected chi connectivity index (χ4v) is 3.82. The van der Waals surface area contributed by atoms with Crippen LogP contribution >= 0.6 is 11.8 Å². The first-order chi connectivity index (χ1) is 7.93. The highest BCUT2D eigenvalue weighted by atomic mass is 32.2. The molecule has 0 spiro atoms. The van der Waals surface area contributed by atoms with Crippen LogP contribution < -0.4 is 5.32 Å². The third kappa shape index (κ3) is 2.18. The van der Waals surface area contributed by atoms with Crippen molar-refractivity contribution in [3.8, 4) is 0 Å². The summed E-state index contributed by atoms with van der Waals surface area (Å²) in [5.74, 6) is 1.38. The molecule has 90 valence electrons. The number of likely N-dealkylation sites (tertiary alicyclic amines) is 2. The van der Waals surface area contributed by atoms with Crippen molar-refractivity contribution in [3.63, 3.8) is 0 Å². The maximum atomic E-state index is 3.68. The Balaban J connectivity index is 1.54. The smallest absolute Gasteiger partial charge is 0.133 e. The second kappa shape index (κ2) is 4.88. The van der Waals surface area contributed by atoms with Crippen molar-refractivity contribution in [2.45, 2.75) is 37.6 Å². The van der Waals surface area contributed by atoms with E-state index in [0.717, 1.165) is 0 Å². The normalized spacial score (nSPS) is 31.6. The van der Waals surface area contributed by atoms with Crippen LogP contribution in [0.3, 0.4) is 0 Å². The van der Waals surface area contributed by atoms with E-state index in [2.05, 4.69) is 20.5 Å². The molecule has 3 aliphatic rings. The Morgan fingerprint density at radius 2 is 1.69 bits per heavy atom. The molecular formula is C12H21N3S. The van der Waals surface area contributed by atoms with Crippen LogP contribution in [0.1, 0.15) is 32.1 Å². The Labute approximate surface area is 102 Å². The van der Waals surface area contributed by atoms with E-state index in [4.69, 9.17) is 0 Å². The van der Waals surface area contributed by atoms with Crippen LogP contribution in [-0.2, 0) is 0 Å². The molecule has 3 heterocycles. The number of piperidine rings is 1. The lowest BCUT2D eigenvalue weighted by Gasteiger charge is -2.31. The molecule has 3 nitrogen and oxygen atoms in total. The molecule has 0 aromatic rings. The zero-order chi connectivity index (χ0) is 10.8. The second-order valence-electron chi connectivity index (χ2n) is 4.93. The number of nitrogens with one attached hydrogen (secondary N) is 1. The quantitative estimate of drug-likeness (QED) is 0.794. The number of nitrogens with zero attached hydrogens (tertiary/aromatic N) is 2. The predicted molar refractivity (Wildman–Crippen MR) is 68.8 cm³/mol. The van der Waals surface area contributed by atoms with Crippen molar-refractivity contribution in [3.05, 3.63) is 11.2 Å². The molecule has 3 aliphatic heterocycles. The van der Waals surface area contributed by atoms with Crippen LogP contribution in [0.5, 0.6) is 0 Å². The van der Waals surface area contributed by atoms with Gasteiger partial charge in [0, 0.05) is 31.6 Å². The Kier molecular flexibility index (Phi) is 3.29. The topological polar surface area (TPSA) is 18.5 Å². The Morgan fingerprint density at radius 1 is 1.00 bits per heavy atom.